The lowest BCUT2D eigenvalue weighted by molar-refractivity contribution is -0.864. The average Bonchev–Trinajstić information content (AvgIpc) is 3.14. The number of carboxylic acids is 1. The monoisotopic (exact) mass is 480 g/mol. The molecule has 0 bridgehead atoms. The summed E-state index contributed by atoms with van der Waals surface area (Å²) in [4.78, 5) is 47.3. The Labute approximate surface area is 193 Å². The third-order valence-electron chi connectivity index (χ3n) is 4.61. The molecule has 1 unspecified atom stereocenters. The number of nitrogens with one attached hydrogen (secondary N) is 1. The summed E-state index contributed by atoms with van der Waals surface area (Å²) in [7, 11) is 7.31. The molecule has 1 aromatic heterocycles. The highest BCUT2D eigenvalue weighted by atomic mass is 32.2. The van der Waals surface area contributed by atoms with Crippen molar-refractivity contribution in [3.8, 4) is 0 Å². The molecular formula is C19H24N6O5S2. The van der Waals surface area contributed by atoms with Gasteiger partial charge in [0.05, 0.1) is 39.4 Å². The molecule has 13 heteroatoms. The number of thiazole rings is 1. The molecular weight excluding hydrogens is 456 g/mol. The normalized spacial score (nSPS) is 21.4. The number of rotatable bonds is 8. The predicted octanol–water partition coefficient (Wildman–Crippen LogP) is -1.26. The lowest BCUT2D eigenvalue weighted by atomic mass is 10.0. The van der Waals surface area contributed by atoms with E-state index < -0.39 is 29.2 Å². The van der Waals surface area contributed by atoms with Gasteiger partial charge in [0.15, 0.2) is 10.8 Å². The molecule has 0 radical (unpaired) electrons. The number of β-lactam (4-membered cyclic amide) rings is 1. The number of oxime groups is 1. The Morgan fingerprint density at radius 3 is 2.75 bits per heavy atom. The van der Waals surface area contributed by atoms with Crippen LogP contribution in [0.5, 0.6) is 0 Å². The van der Waals surface area contributed by atoms with Crippen molar-refractivity contribution in [2.45, 2.75) is 11.4 Å². The van der Waals surface area contributed by atoms with E-state index in [2.05, 4.69) is 15.5 Å². The SMILES string of the molecule is CO/N=C(/C(=O)NC1C(=O)N2C(C(=O)[O-])=C(/C=C/C[N+](C)(C)C)CS[C@H]12)c1csc(N)n1. The number of aliphatic carboxylic acids is 1. The van der Waals surface area contributed by atoms with Crippen molar-refractivity contribution in [1.29, 1.82) is 0 Å². The average molecular weight is 481 g/mol. The second-order valence-electron chi connectivity index (χ2n) is 8.09. The summed E-state index contributed by atoms with van der Waals surface area (Å²) in [5.41, 5.74) is 6.03. The molecule has 3 rings (SSSR count). The van der Waals surface area contributed by atoms with E-state index in [1.54, 1.807) is 11.5 Å². The molecule has 172 valence electrons. The van der Waals surface area contributed by atoms with E-state index in [0.717, 1.165) is 16.2 Å². The number of carbonyl (C=O) groups is 3. The van der Waals surface area contributed by atoms with E-state index >= 15 is 0 Å². The van der Waals surface area contributed by atoms with Gasteiger partial charge in [-0.3, -0.25) is 14.5 Å². The van der Waals surface area contributed by atoms with E-state index in [0.29, 0.717) is 22.4 Å². The van der Waals surface area contributed by atoms with Gasteiger partial charge >= 0.3 is 0 Å². The first kappa shape index (κ1) is 23.8. The summed E-state index contributed by atoms with van der Waals surface area (Å²) in [6.45, 7) is 0.688. The molecule has 1 aromatic rings. The van der Waals surface area contributed by atoms with Gasteiger partial charge in [-0.2, -0.15) is 0 Å². The van der Waals surface area contributed by atoms with Crippen LogP contribution in [0.2, 0.25) is 0 Å². The van der Waals surface area contributed by atoms with E-state index in [1.807, 2.05) is 27.2 Å². The van der Waals surface area contributed by atoms with E-state index in [-0.39, 0.29) is 22.2 Å². The number of carboxylic acid groups (broad SMARTS) is 1. The molecule has 2 atom stereocenters. The van der Waals surface area contributed by atoms with Crippen LogP contribution in [0.4, 0.5) is 5.13 Å². The van der Waals surface area contributed by atoms with Gasteiger partial charge < -0.3 is 30.3 Å². The Morgan fingerprint density at radius 1 is 1.47 bits per heavy atom. The molecule has 3 heterocycles. The van der Waals surface area contributed by atoms with Crippen LogP contribution in [-0.4, -0.2) is 89.8 Å². The predicted molar refractivity (Wildman–Crippen MR) is 119 cm³/mol. The number of fused-ring (bicyclic) bond motifs is 1. The maximum atomic E-state index is 12.8. The highest BCUT2D eigenvalue weighted by Crippen LogP contribution is 2.40. The van der Waals surface area contributed by atoms with Crippen LogP contribution < -0.4 is 16.2 Å². The number of likely N-dealkylation sites (N-methyl/N-ethyl adjacent to an activating group) is 1. The maximum Gasteiger partial charge on any atom is 0.276 e. The highest BCUT2D eigenvalue weighted by Gasteiger charge is 2.53. The Morgan fingerprint density at radius 2 is 2.19 bits per heavy atom. The molecule has 0 spiro atoms. The van der Waals surface area contributed by atoms with Crippen molar-refractivity contribution in [3.63, 3.8) is 0 Å². The number of nitrogen functional groups attached to an aromatic ring is 1. The fraction of sp³-hybridized carbons (Fsp3) is 0.421. The van der Waals surface area contributed by atoms with Crippen molar-refractivity contribution in [1.82, 2.24) is 15.2 Å². The quantitative estimate of drug-likeness (QED) is 0.203. The zero-order valence-corrected chi connectivity index (χ0v) is 19.7. The summed E-state index contributed by atoms with van der Waals surface area (Å²) < 4.78 is 0.674. The number of anilines is 1. The minimum absolute atomic E-state index is 0.132. The number of hydrogen-bond donors (Lipinski definition) is 2. The summed E-state index contributed by atoms with van der Waals surface area (Å²) in [6, 6.07) is -0.920. The Balaban J connectivity index is 1.78. The van der Waals surface area contributed by atoms with E-state index in [9.17, 15) is 19.5 Å². The molecule has 0 aliphatic carbocycles. The fourth-order valence-electron chi connectivity index (χ4n) is 3.17. The molecule has 0 aromatic carbocycles. The van der Waals surface area contributed by atoms with Crippen LogP contribution in [-0.2, 0) is 19.2 Å². The van der Waals surface area contributed by atoms with Crippen LogP contribution in [0.15, 0.2) is 34.0 Å². The Kier molecular flexibility index (Phi) is 6.91. The number of nitrogens with zero attached hydrogens (tertiary/aromatic N) is 4. The molecule has 3 N–H and O–H groups in total. The molecule has 2 amide bonds. The van der Waals surface area contributed by atoms with Crippen LogP contribution in [0.3, 0.4) is 0 Å². The van der Waals surface area contributed by atoms with Gasteiger partial charge in [0.25, 0.3) is 11.8 Å². The number of thioether (sulfide) groups is 1. The number of allylic oxidation sites excluding steroid dienone is 1. The lowest BCUT2D eigenvalue weighted by Crippen LogP contribution is -2.71. The number of quaternary nitrogens is 1. The van der Waals surface area contributed by atoms with Gasteiger partial charge in [-0.15, -0.1) is 23.1 Å². The minimum atomic E-state index is -1.43. The summed E-state index contributed by atoms with van der Waals surface area (Å²) in [5, 5.41) is 19.3. The van der Waals surface area contributed by atoms with Crippen molar-refractivity contribution in [3.05, 3.63) is 34.5 Å². The third-order valence-corrected chi connectivity index (χ3v) is 6.59. The number of amides is 2. The lowest BCUT2D eigenvalue weighted by Gasteiger charge is -2.50. The second kappa shape index (κ2) is 9.30. The van der Waals surface area contributed by atoms with Crippen LogP contribution >= 0.6 is 23.1 Å². The Hall–Kier alpha value is -2.90. The van der Waals surface area contributed by atoms with Gasteiger partial charge in [-0.25, -0.2) is 4.98 Å². The summed E-state index contributed by atoms with van der Waals surface area (Å²) in [5.74, 6) is -2.29. The van der Waals surface area contributed by atoms with Crippen molar-refractivity contribution in [2.24, 2.45) is 5.16 Å². The Bertz CT molecular complexity index is 1030. The first-order chi connectivity index (χ1) is 15.0. The number of carbonyl (C=O) groups excluding carboxylic acids is 3. The topological polar surface area (TPSA) is 150 Å². The first-order valence-electron chi connectivity index (χ1n) is 9.53. The zero-order valence-electron chi connectivity index (χ0n) is 18.0. The highest BCUT2D eigenvalue weighted by molar-refractivity contribution is 8.00. The molecule has 1 fully saturated rings. The minimum Gasteiger partial charge on any atom is -0.543 e. The first-order valence-corrected chi connectivity index (χ1v) is 11.5. The standard InChI is InChI=1S/C19H24N6O5S2/c1-25(2,3)7-5-6-10-8-31-17-13(16(27)24(17)14(10)18(28)29)22-15(26)12(23-30-4)11-9-32-19(20)21-11/h5-6,9,13,17H,7-8H2,1-4H3,(H3-,20,21,22,26,28,29)/b6-5+,23-12+/t13?,17-/m1/s1. The van der Waals surface area contributed by atoms with Crippen LogP contribution in [0.1, 0.15) is 5.69 Å². The fourth-order valence-corrected chi connectivity index (χ4v) is 5.04. The molecule has 1 saturated heterocycles. The molecule has 32 heavy (non-hydrogen) atoms. The van der Waals surface area contributed by atoms with Gasteiger partial charge in [0.2, 0.25) is 0 Å². The van der Waals surface area contributed by atoms with E-state index in [4.69, 9.17) is 10.6 Å². The summed E-state index contributed by atoms with van der Waals surface area (Å²) in [6.07, 6.45) is 3.59. The third kappa shape index (κ3) is 4.95. The van der Waals surface area contributed by atoms with Crippen LogP contribution in [0.25, 0.3) is 0 Å². The number of hydrogen-bond acceptors (Lipinski definition) is 10. The van der Waals surface area contributed by atoms with Gasteiger partial charge in [-0.1, -0.05) is 11.2 Å². The van der Waals surface area contributed by atoms with E-state index in [1.165, 1.54) is 18.9 Å². The van der Waals surface area contributed by atoms with Crippen molar-refractivity contribution >= 4 is 51.7 Å². The summed E-state index contributed by atoms with van der Waals surface area (Å²) >= 11 is 2.49. The van der Waals surface area contributed by atoms with Crippen molar-refractivity contribution in [2.75, 3.05) is 46.3 Å². The molecule has 2 aliphatic rings. The molecule has 2 aliphatic heterocycles. The van der Waals surface area contributed by atoms with Gasteiger partial charge in [0.1, 0.15) is 24.2 Å². The molecule has 11 nitrogen and oxygen atoms in total. The number of nitrogens with two attached hydrogens (primary N) is 1. The largest absolute Gasteiger partial charge is 0.543 e. The molecule has 0 saturated carbocycles. The number of aromatic nitrogens is 1. The second-order valence-corrected chi connectivity index (χ2v) is 10.1. The maximum absolute atomic E-state index is 12.8. The van der Waals surface area contributed by atoms with Gasteiger partial charge in [0, 0.05) is 11.1 Å². The van der Waals surface area contributed by atoms with Crippen LogP contribution in [0, 0.1) is 0 Å². The van der Waals surface area contributed by atoms with Crippen molar-refractivity contribution < 1.29 is 28.8 Å². The smallest absolute Gasteiger partial charge is 0.276 e. The van der Waals surface area contributed by atoms with Gasteiger partial charge in [-0.05, 0) is 11.6 Å². The zero-order chi connectivity index (χ0) is 23.6.